The number of nitrogens with two attached hydrogens (primary N) is 1. The summed E-state index contributed by atoms with van der Waals surface area (Å²) in [7, 11) is 0. The van der Waals surface area contributed by atoms with Gasteiger partial charge in [-0.15, -0.1) is 0 Å². The van der Waals surface area contributed by atoms with Crippen molar-refractivity contribution in [3.8, 4) is 11.5 Å². The Balaban J connectivity index is 1.58. The molecule has 3 rings (SSSR count). The second kappa shape index (κ2) is 7.23. The van der Waals surface area contributed by atoms with Gasteiger partial charge in [0, 0.05) is 18.9 Å². The number of hydrogen-bond donors (Lipinski definition) is 2. The first-order chi connectivity index (χ1) is 11.7. The van der Waals surface area contributed by atoms with Gasteiger partial charge in [0.1, 0.15) is 17.3 Å². The van der Waals surface area contributed by atoms with Crippen LogP contribution in [0, 0.1) is 0 Å². The summed E-state index contributed by atoms with van der Waals surface area (Å²) in [5, 5.41) is 2.82. The molecule has 24 heavy (non-hydrogen) atoms. The largest absolute Gasteiger partial charge is 0.456 e. The molecule has 0 aliphatic heterocycles. The molecule has 0 bridgehead atoms. The monoisotopic (exact) mass is 320 g/mol. The van der Waals surface area contributed by atoms with E-state index in [1.54, 1.807) is 30.7 Å². The predicted octanol–water partition coefficient (Wildman–Crippen LogP) is 2.78. The molecule has 6 heteroatoms. The van der Waals surface area contributed by atoms with Gasteiger partial charge in [-0.3, -0.25) is 9.78 Å². The standard InChI is InChI=1S/C18H16N4O2/c19-17-16(4-2-10-21-17)18(23)22-11-13-5-7-14(8-6-13)24-15-3-1-9-20-12-15/h1-10,12H,11H2,(H2,19,21)(H,22,23). The van der Waals surface area contributed by atoms with Crippen molar-refractivity contribution in [2.24, 2.45) is 0 Å². The highest BCUT2D eigenvalue weighted by molar-refractivity contribution is 5.98. The van der Waals surface area contributed by atoms with E-state index in [0.29, 0.717) is 23.6 Å². The molecule has 0 aliphatic rings. The molecule has 0 aliphatic carbocycles. The third-order valence-corrected chi connectivity index (χ3v) is 3.33. The van der Waals surface area contributed by atoms with E-state index < -0.39 is 0 Å². The lowest BCUT2D eigenvalue weighted by Gasteiger charge is -2.08. The number of pyridine rings is 2. The van der Waals surface area contributed by atoms with Crippen molar-refractivity contribution >= 4 is 11.7 Å². The molecule has 6 nitrogen and oxygen atoms in total. The van der Waals surface area contributed by atoms with Crippen LogP contribution in [0.15, 0.2) is 67.1 Å². The molecule has 0 spiro atoms. The number of nitrogen functional groups attached to an aromatic ring is 1. The molecule has 1 aromatic carbocycles. The van der Waals surface area contributed by atoms with E-state index in [-0.39, 0.29) is 11.7 Å². The van der Waals surface area contributed by atoms with Crippen molar-refractivity contribution in [1.29, 1.82) is 0 Å². The minimum absolute atomic E-state index is 0.218. The van der Waals surface area contributed by atoms with Crippen LogP contribution in [-0.2, 0) is 6.54 Å². The minimum Gasteiger partial charge on any atom is -0.456 e. The fraction of sp³-hybridized carbons (Fsp3) is 0.0556. The highest BCUT2D eigenvalue weighted by Crippen LogP contribution is 2.20. The first-order valence-electron chi connectivity index (χ1n) is 7.38. The topological polar surface area (TPSA) is 90.1 Å². The van der Waals surface area contributed by atoms with E-state index in [0.717, 1.165) is 5.56 Å². The maximum atomic E-state index is 12.1. The van der Waals surface area contributed by atoms with Crippen molar-refractivity contribution in [3.05, 3.63) is 78.2 Å². The molecule has 120 valence electrons. The Hall–Kier alpha value is -3.41. The van der Waals surface area contributed by atoms with Crippen molar-refractivity contribution in [2.75, 3.05) is 5.73 Å². The zero-order chi connectivity index (χ0) is 16.8. The number of anilines is 1. The number of aromatic nitrogens is 2. The minimum atomic E-state index is -0.253. The molecule has 0 atom stereocenters. The van der Waals surface area contributed by atoms with Gasteiger partial charge in [-0.05, 0) is 42.0 Å². The third-order valence-electron chi connectivity index (χ3n) is 3.33. The smallest absolute Gasteiger partial charge is 0.255 e. The van der Waals surface area contributed by atoms with Crippen LogP contribution < -0.4 is 15.8 Å². The SMILES string of the molecule is Nc1ncccc1C(=O)NCc1ccc(Oc2cccnc2)cc1. The van der Waals surface area contributed by atoms with Crippen LogP contribution in [0.2, 0.25) is 0 Å². The molecule has 3 N–H and O–H groups in total. The third kappa shape index (κ3) is 3.86. The Morgan fingerprint density at radius 3 is 2.54 bits per heavy atom. The number of carbonyl (C=O) groups excluding carboxylic acids is 1. The maximum absolute atomic E-state index is 12.1. The zero-order valence-corrected chi connectivity index (χ0v) is 12.8. The molecule has 3 aromatic rings. The normalized spacial score (nSPS) is 10.2. The van der Waals surface area contributed by atoms with Crippen LogP contribution in [0.5, 0.6) is 11.5 Å². The molecule has 0 saturated carbocycles. The van der Waals surface area contributed by atoms with E-state index in [2.05, 4.69) is 15.3 Å². The number of ether oxygens (including phenoxy) is 1. The van der Waals surface area contributed by atoms with Crippen LogP contribution in [0.3, 0.4) is 0 Å². The van der Waals surface area contributed by atoms with Gasteiger partial charge in [-0.2, -0.15) is 0 Å². The average Bonchev–Trinajstić information content (AvgIpc) is 2.62. The molecule has 0 radical (unpaired) electrons. The van der Waals surface area contributed by atoms with Crippen molar-refractivity contribution in [2.45, 2.75) is 6.54 Å². The fourth-order valence-electron chi connectivity index (χ4n) is 2.11. The van der Waals surface area contributed by atoms with Gasteiger partial charge in [0.15, 0.2) is 0 Å². The van der Waals surface area contributed by atoms with Gasteiger partial charge in [-0.25, -0.2) is 4.98 Å². The summed E-state index contributed by atoms with van der Waals surface area (Å²) >= 11 is 0. The molecule has 1 amide bonds. The number of hydrogen-bond acceptors (Lipinski definition) is 5. The highest BCUT2D eigenvalue weighted by Gasteiger charge is 2.09. The summed E-state index contributed by atoms with van der Waals surface area (Å²) in [5.74, 6) is 1.34. The number of nitrogens with zero attached hydrogens (tertiary/aromatic N) is 2. The quantitative estimate of drug-likeness (QED) is 0.754. The molecular formula is C18H16N4O2. The van der Waals surface area contributed by atoms with E-state index in [1.165, 1.54) is 0 Å². The first-order valence-corrected chi connectivity index (χ1v) is 7.38. The van der Waals surface area contributed by atoms with Crippen LogP contribution in [0.25, 0.3) is 0 Å². The second-order valence-corrected chi connectivity index (χ2v) is 5.05. The van der Waals surface area contributed by atoms with Gasteiger partial charge in [-0.1, -0.05) is 12.1 Å². The first kappa shape index (κ1) is 15.5. The van der Waals surface area contributed by atoms with Gasteiger partial charge in [0.2, 0.25) is 0 Å². The Kier molecular flexibility index (Phi) is 4.67. The van der Waals surface area contributed by atoms with Crippen molar-refractivity contribution in [1.82, 2.24) is 15.3 Å². The summed E-state index contributed by atoms with van der Waals surface area (Å²) in [6, 6.07) is 14.4. The van der Waals surface area contributed by atoms with E-state index in [9.17, 15) is 4.79 Å². The molecule has 0 saturated heterocycles. The lowest BCUT2D eigenvalue weighted by Crippen LogP contribution is -2.24. The lowest BCUT2D eigenvalue weighted by molar-refractivity contribution is 0.0951. The number of amides is 1. The molecule has 2 aromatic heterocycles. The van der Waals surface area contributed by atoms with E-state index >= 15 is 0 Å². The van der Waals surface area contributed by atoms with Crippen LogP contribution >= 0.6 is 0 Å². The van der Waals surface area contributed by atoms with Gasteiger partial charge in [0.25, 0.3) is 5.91 Å². The summed E-state index contributed by atoms with van der Waals surface area (Å²) in [6.07, 6.45) is 4.88. The Labute approximate surface area is 139 Å². The van der Waals surface area contributed by atoms with E-state index in [1.807, 2.05) is 36.4 Å². The number of rotatable bonds is 5. The Bertz CT molecular complexity index is 820. The Morgan fingerprint density at radius 1 is 1.04 bits per heavy atom. The highest BCUT2D eigenvalue weighted by atomic mass is 16.5. The zero-order valence-electron chi connectivity index (χ0n) is 12.8. The average molecular weight is 320 g/mol. The molecule has 0 fully saturated rings. The van der Waals surface area contributed by atoms with Gasteiger partial charge in [0.05, 0.1) is 11.8 Å². The molecule has 0 unspecified atom stereocenters. The molecule has 2 heterocycles. The van der Waals surface area contributed by atoms with Crippen LogP contribution in [0.4, 0.5) is 5.82 Å². The van der Waals surface area contributed by atoms with E-state index in [4.69, 9.17) is 10.5 Å². The summed E-state index contributed by atoms with van der Waals surface area (Å²) < 4.78 is 5.67. The molecular weight excluding hydrogens is 304 g/mol. The summed E-state index contributed by atoms with van der Waals surface area (Å²) in [6.45, 7) is 0.389. The number of carbonyl (C=O) groups is 1. The number of nitrogens with one attached hydrogen (secondary N) is 1. The summed E-state index contributed by atoms with van der Waals surface area (Å²) in [4.78, 5) is 20.0. The number of benzene rings is 1. The van der Waals surface area contributed by atoms with Crippen molar-refractivity contribution < 1.29 is 9.53 Å². The van der Waals surface area contributed by atoms with Crippen molar-refractivity contribution in [3.63, 3.8) is 0 Å². The Morgan fingerprint density at radius 2 is 1.83 bits per heavy atom. The second-order valence-electron chi connectivity index (χ2n) is 5.05. The summed E-state index contributed by atoms with van der Waals surface area (Å²) in [5.41, 5.74) is 7.01. The van der Waals surface area contributed by atoms with Crippen LogP contribution in [0.1, 0.15) is 15.9 Å². The maximum Gasteiger partial charge on any atom is 0.255 e. The van der Waals surface area contributed by atoms with Crippen LogP contribution in [-0.4, -0.2) is 15.9 Å². The lowest BCUT2D eigenvalue weighted by atomic mass is 10.2. The van der Waals surface area contributed by atoms with Gasteiger partial charge < -0.3 is 15.8 Å². The van der Waals surface area contributed by atoms with Gasteiger partial charge >= 0.3 is 0 Å². The fourth-order valence-corrected chi connectivity index (χ4v) is 2.11. The predicted molar refractivity (Wildman–Crippen MR) is 90.6 cm³/mol.